The Hall–Kier alpha value is -5.10. The zero-order valence-electron chi connectivity index (χ0n) is 37.5. The van der Waals surface area contributed by atoms with Gasteiger partial charge in [0.2, 0.25) is 11.8 Å². The number of likely N-dealkylation sites (N-methyl/N-ethyl adjacent to an activating group) is 2. The molecule has 0 aliphatic carbocycles. The van der Waals surface area contributed by atoms with Crippen molar-refractivity contribution >= 4 is 35.9 Å². The number of likely N-dealkylation sites (tertiary alicyclic amines) is 1. The van der Waals surface area contributed by atoms with Gasteiger partial charge < -0.3 is 28.6 Å². The summed E-state index contributed by atoms with van der Waals surface area (Å²) in [6.45, 7) is 49.4. The van der Waals surface area contributed by atoms with Gasteiger partial charge in [-0.05, 0) is 84.9 Å². The third-order valence-corrected chi connectivity index (χ3v) is 10.6. The summed E-state index contributed by atoms with van der Waals surface area (Å²) >= 11 is 1.61. The van der Waals surface area contributed by atoms with Crippen LogP contribution in [0.1, 0.15) is 70.1 Å². The van der Waals surface area contributed by atoms with Gasteiger partial charge in [-0.2, -0.15) is 5.10 Å². The number of rotatable bonds is 0. The number of hydrogen-bond donors (Lipinski definition) is 0. The number of nitrogens with zero attached hydrogens (tertiary/aromatic N) is 10. The molecule has 2 saturated heterocycles. The van der Waals surface area contributed by atoms with Crippen molar-refractivity contribution in [2.45, 2.75) is 75.2 Å². The highest BCUT2D eigenvalue weighted by molar-refractivity contribution is 8.17. The first-order valence-electron chi connectivity index (χ1n) is 18.4. The Morgan fingerprint density at radius 3 is 1.39 bits per heavy atom. The van der Waals surface area contributed by atoms with E-state index in [0.717, 1.165) is 62.6 Å². The van der Waals surface area contributed by atoms with Gasteiger partial charge in [-0.1, -0.05) is 70.3 Å². The monoisotopic (exact) mass is 787 g/mol. The molecule has 0 saturated carbocycles. The Bertz CT molecular complexity index is 1900. The number of thioether (sulfide) groups is 1. The highest BCUT2D eigenvalue weighted by Crippen LogP contribution is 2.32. The standard InChI is InChI=1S/C10H16N2.C9H15N.C9H13N.C6H10N2.C5H8N2O.C5H8N2S/c1-7(2)10-8(3)11(5)9(4)12(10)6;1-7-5-8(2)10(4)9(3)6-7;1-6-7(2)9(4)10(5)8(6)3;1-5-4-8(3)6(2)7-5;2*1-4-6-7(3)5(2)8-4/h3-4H2,1-2,5-6H3;7H,2-3,5-6H2,1,4H3;3-4H2,1-2,5H3;4H,1-3H3;2*2H2,1,3H3. The minimum absolute atomic E-state index is 0.586. The largest absolute Gasteiger partial charge is 0.424 e. The van der Waals surface area contributed by atoms with Crippen molar-refractivity contribution in [3.8, 4) is 0 Å². The number of aromatic nitrogens is 3. The smallest absolute Gasteiger partial charge is 0.211 e. The fourth-order valence-corrected chi connectivity index (χ4v) is 6.42. The molecule has 4 aliphatic rings. The first-order valence-corrected chi connectivity index (χ1v) is 19.2. The van der Waals surface area contributed by atoms with Crippen LogP contribution in [0.3, 0.4) is 0 Å². The Morgan fingerprint density at radius 1 is 0.714 bits per heavy atom. The van der Waals surface area contributed by atoms with Crippen LogP contribution in [0.15, 0.2) is 101 Å². The van der Waals surface area contributed by atoms with Gasteiger partial charge >= 0.3 is 0 Å². The summed E-state index contributed by atoms with van der Waals surface area (Å²) < 4.78 is 8.98. The maximum atomic E-state index is 4.95. The SMILES string of the molecule is C=C1C(=C(C)C)N(C)C(=C)N1C.C=C1CC(C)CC(=C)N1C.C=C1OC(C)=NN1C.C=C1SC(C)=NN1C.C=c1c(C)c(C)c(=C)n1C.Cc1cn(C)c(C)n1. The Kier molecular flexibility index (Phi) is 18.6. The average molecular weight is 787 g/mol. The minimum atomic E-state index is 0.586. The molecule has 12 heteroatoms. The lowest BCUT2D eigenvalue weighted by atomic mass is 9.95. The summed E-state index contributed by atoms with van der Waals surface area (Å²) in [4.78, 5) is 10.3. The summed E-state index contributed by atoms with van der Waals surface area (Å²) in [7, 11) is 13.7. The summed E-state index contributed by atoms with van der Waals surface area (Å²) in [5.41, 5.74) is 9.48. The van der Waals surface area contributed by atoms with Crippen LogP contribution in [0.5, 0.6) is 0 Å². The fraction of sp³-hybridized carbons (Fsp3) is 0.432. The van der Waals surface area contributed by atoms with Crippen molar-refractivity contribution < 1.29 is 4.74 Å². The van der Waals surface area contributed by atoms with E-state index in [1.165, 1.54) is 33.8 Å². The average Bonchev–Trinajstić information content (AvgIpc) is 3.79. The third-order valence-electron chi connectivity index (χ3n) is 9.68. The van der Waals surface area contributed by atoms with Crippen LogP contribution in [-0.4, -0.2) is 85.0 Å². The van der Waals surface area contributed by atoms with Crippen molar-refractivity contribution in [2.75, 3.05) is 35.2 Å². The number of ether oxygens (including phenoxy) is 1. The van der Waals surface area contributed by atoms with E-state index in [2.05, 4.69) is 112 Å². The molecule has 2 aromatic rings. The van der Waals surface area contributed by atoms with Crippen LogP contribution in [0, 0.1) is 33.6 Å². The van der Waals surface area contributed by atoms with Crippen molar-refractivity contribution in [1.82, 2.24) is 38.8 Å². The highest BCUT2D eigenvalue weighted by Gasteiger charge is 2.26. The van der Waals surface area contributed by atoms with Gasteiger partial charge in [0, 0.05) is 84.5 Å². The second-order valence-corrected chi connectivity index (χ2v) is 15.8. The van der Waals surface area contributed by atoms with Crippen molar-refractivity contribution in [1.29, 1.82) is 0 Å². The Balaban J connectivity index is 0.000000338. The number of hydrogen-bond acceptors (Lipinski definition) is 10. The molecule has 0 atom stereocenters. The van der Waals surface area contributed by atoms with Crippen LogP contribution in [-0.2, 0) is 18.8 Å². The molecule has 4 aliphatic heterocycles. The summed E-state index contributed by atoms with van der Waals surface area (Å²) in [6.07, 6.45) is 4.25. The van der Waals surface area contributed by atoms with Crippen LogP contribution in [0.25, 0.3) is 13.2 Å². The van der Waals surface area contributed by atoms with E-state index in [9.17, 15) is 0 Å². The van der Waals surface area contributed by atoms with Gasteiger partial charge in [-0.3, -0.25) is 5.01 Å². The van der Waals surface area contributed by atoms with E-state index < -0.39 is 0 Å². The molecule has 308 valence electrons. The van der Waals surface area contributed by atoms with Gasteiger partial charge in [0.05, 0.1) is 27.2 Å². The lowest BCUT2D eigenvalue weighted by Gasteiger charge is -2.32. The third kappa shape index (κ3) is 13.6. The molecule has 0 bridgehead atoms. The zero-order chi connectivity index (χ0) is 43.5. The van der Waals surface area contributed by atoms with Gasteiger partial charge in [-0.25, -0.2) is 9.99 Å². The lowest BCUT2D eigenvalue weighted by molar-refractivity contribution is 0.307. The molecule has 0 spiro atoms. The summed E-state index contributed by atoms with van der Waals surface area (Å²) in [5.74, 6) is 4.02. The first-order chi connectivity index (χ1) is 25.7. The van der Waals surface area contributed by atoms with Crippen molar-refractivity contribution in [2.24, 2.45) is 30.2 Å². The second-order valence-electron chi connectivity index (χ2n) is 14.6. The van der Waals surface area contributed by atoms with Crippen LogP contribution < -0.4 is 10.7 Å². The lowest BCUT2D eigenvalue weighted by Crippen LogP contribution is -2.24. The first kappa shape index (κ1) is 48.9. The van der Waals surface area contributed by atoms with Crippen molar-refractivity contribution in [3.63, 3.8) is 0 Å². The van der Waals surface area contributed by atoms with Gasteiger partial charge in [0.25, 0.3) is 0 Å². The Labute approximate surface area is 343 Å². The van der Waals surface area contributed by atoms with Crippen molar-refractivity contribution in [3.05, 3.63) is 124 Å². The van der Waals surface area contributed by atoms with Crippen LogP contribution in [0.4, 0.5) is 0 Å². The molecule has 0 N–H and O–H groups in total. The summed E-state index contributed by atoms with van der Waals surface area (Å²) in [5, 5.41) is 15.6. The van der Waals surface area contributed by atoms with Crippen LogP contribution >= 0.6 is 11.8 Å². The second kappa shape index (κ2) is 21.3. The van der Waals surface area contributed by atoms with Crippen LogP contribution in [0.2, 0.25) is 0 Å². The highest BCUT2D eigenvalue weighted by atomic mass is 32.2. The molecule has 0 unspecified atom stereocenters. The molecule has 2 aromatic heterocycles. The quantitative estimate of drug-likeness (QED) is 0.265. The number of aryl methyl sites for hydroxylation is 3. The molecule has 0 amide bonds. The molecule has 2 fully saturated rings. The molecule has 11 nitrogen and oxygen atoms in total. The van der Waals surface area contributed by atoms with Gasteiger partial charge in [-0.15, -0.1) is 5.10 Å². The summed E-state index contributed by atoms with van der Waals surface area (Å²) in [6, 6.07) is 0. The predicted octanol–water partition coefficient (Wildman–Crippen LogP) is 8.24. The fourth-order valence-electron chi connectivity index (χ4n) is 5.74. The van der Waals surface area contributed by atoms with Gasteiger partial charge in [0.15, 0.2) is 0 Å². The van der Waals surface area contributed by atoms with E-state index in [-0.39, 0.29) is 0 Å². The molecule has 0 aromatic carbocycles. The molecular weight excluding hydrogens is 717 g/mol. The number of hydrazone groups is 2. The van der Waals surface area contributed by atoms with Gasteiger partial charge in [0.1, 0.15) is 11.6 Å². The van der Waals surface area contributed by atoms with E-state index in [1.807, 2.05) is 83.3 Å². The van der Waals surface area contributed by atoms with E-state index in [0.29, 0.717) is 11.8 Å². The predicted molar refractivity (Wildman–Crippen MR) is 243 cm³/mol. The maximum Gasteiger partial charge on any atom is 0.211 e. The van der Waals surface area contributed by atoms with E-state index >= 15 is 0 Å². The number of piperidine rings is 1. The Morgan fingerprint density at radius 2 is 1.21 bits per heavy atom. The molecule has 6 heterocycles. The minimum Gasteiger partial charge on any atom is -0.424 e. The number of imidazole rings is 1. The molecule has 0 radical (unpaired) electrons. The normalized spacial score (nSPS) is 16.4. The zero-order valence-corrected chi connectivity index (χ0v) is 38.3. The molecular formula is C44H70N10OS. The topological polar surface area (TPSA) is 72.9 Å². The maximum absolute atomic E-state index is 4.95. The molecule has 6 rings (SSSR count). The van der Waals surface area contributed by atoms with E-state index in [4.69, 9.17) is 4.74 Å². The van der Waals surface area contributed by atoms with E-state index in [1.54, 1.807) is 35.8 Å². The number of allylic oxidation sites excluding steroid dienone is 3. The molecule has 56 heavy (non-hydrogen) atoms.